The molecule has 2 N–H and O–H groups in total. The number of nitrogens with one attached hydrogen (secondary N) is 2. The molecule has 1 amide bonds. The summed E-state index contributed by atoms with van der Waals surface area (Å²) < 4.78 is 1.71. The van der Waals surface area contributed by atoms with Gasteiger partial charge in [0.25, 0.3) is 5.91 Å². The maximum Gasteiger partial charge on any atom is 0.269 e. The molecule has 0 bridgehead atoms. The minimum Gasteiger partial charge on any atom is -0.349 e. The first-order valence-corrected chi connectivity index (χ1v) is 7.50. The zero-order valence-electron chi connectivity index (χ0n) is 13.2. The Bertz CT molecular complexity index is 616. The van der Waals surface area contributed by atoms with Crippen LogP contribution >= 0.6 is 24.8 Å². The predicted molar refractivity (Wildman–Crippen MR) is 97.5 cm³/mol. The number of rotatable bonds is 5. The van der Waals surface area contributed by atoms with Gasteiger partial charge in [0, 0.05) is 57.9 Å². The van der Waals surface area contributed by atoms with Crippen LogP contribution in [0.25, 0.3) is 5.69 Å². The minimum atomic E-state index is -0.149. The summed E-state index contributed by atoms with van der Waals surface area (Å²) in [5.41, 5.74) is 1.24. The molecule has 3 heterocycles. The van der Waals surface area contributed by atoms with Gasteiger partial charge in [-0.05, 0) is 18.2 Å². The number of halogens is 2. The van der Waals surface area contributed by atoms with Gasteiger partial charge in [-0.3, -0.25) is 14.7 Å². The maximum absolute atomic E-state index is 12.2. The fourth-order valence-corrected chi connectivity index (χ4v) is 2.46. The van der Waals surface area contributed by atoms with Gasteiger partial charge >= 0.3 is 0 Å². The molecule has 1 aliphatic rings. The molecule has 1 fully saturated rings. The third-order valence-corrected chi connectivity index (χ3v) is 3.67. The minimum absolute atomic E-state index is 0. The van der Waals surface area contributed by atoms with E-state index in [-0.39, 0.29) is 30.7 Å². The molecule has 1 saturated heterocycles. The smallest absolute Gasteiger partial charge is 0.269 e. The first-order valence-electron chi connectivity index (χ1n) is 7.50. The lowest BCUT2D eigenvalue weighted by Gasteiger charge is -2.27. The predicted octanol–water partition coefficient (Wildman–Crippen LogP) is 0.746. The number of carbonyl (C=O) groups is 1. The van der Waals surface area contributed by atoms with Crippen molar-refractivity contribution in [3.8, 4) is 5.69 Å². The third kappa shape index (κ3) is 5.45. The fourth-order valence-electron chi connectivity index (χ4n) is 2.46. The molecule has 0 unspecified atom stereocenters. The van der Waals surface area contributed by atoms with Crippen molar-refractivity contribution in [3.05, 3.63) is 42.5 Å². The molecule has 1 aliphatic heterocycles. The Kier molecular flexibility index (Phi) is 8.70. The lowest BCUT2D eigenvalue weighted by Crippen LogP contribution is -2.46. The van der Waals surface area contributed by atoms with Crippen molar-refractivity contribution in [1.29, 1.82) is 0 Å². The van der Waals surface area contributed by atoms with Gasteiger partial charge in [-0.25, -0.2) is 4.68 Å². The van der Waals surface area contributed by atoms with E-state index in [0.717, 1.165) is 38.4 Å². The number of pyridine rings is 1. The van der Waals surface area contributed by atoms with Gasteiger partial charge in [0.15, 0.2) is 0 Å². The van der Waals surface area contributed by atoms with Crippen molar-refractivity contribution in [2.24, 2.45) is 0 Å². The summed E-state index contributed by atoms with van der Waals surface area (Å²) >= 11 is 0. The van der Waals surface area contributed by atoms with E-state index in [9.17, 15) is 4.79 Å². The Morgan fingerprint density at radius 3 is 2.75 bits per heavy atom. The van der Waals surface area contributed by atoms with Crippen molar-refractivity contribution in [3.63, 3.8) is 0 Å². The highest BCUT2D eigenvalue weighted by atomic mass is 35.5. The van der Waals surface area contributed by atoms with Crippen molar-refractivity contribution >= 4 is 30.7 Å². The molecule has 2 aromatic rings. The van der Waals surface area contributed by atoms with E-state index in [4.69, 9.17) is 0 Å². The summed E-state index contributed by atoms with van der Waals surface area (Å²) in [4.78, 5) is 18.6. The van der Waals surface area contributed by atoms with Crippen molar-refractivity contribution in [2.75, 3.05) is 39.3 Å². The van der Waals surface area contributed by atoms with Crippen LogP contribution in [0.2, 0.25) is 0 Å². The van der Waals surface area contributed by atoms with Crippen molar-refractivity contribution in [2.45, 2.75) is 0 Å². The standard InChI is InChI=1S/C15H20N6O.2ClH/c22-15(18-7-11-20-9-5-16-6-10-20)14-12-13(2-4-17-14)21-8-1-3-19-21;;/h1-4,8,12,16H,5-7,9-11H2,(H,18,22);2*1H. The van der Waals surface area contributed by atoms with Gasteiger partial charge in [-0.15, -0.1) is 24.8 Å². The van der Waals surface area contributed by atoms with Crippen molar-refractivity contribution in [1.82, 2.24) is 30.3 Å². The first kappa shape index (κ1) is 20.4. The number of nitrogens with zero attached hydrogens (tertiary/aromatic N) is 4. The SMILES string of the molecule is Cl.Cl.O=C(NCCN1CCNCC1)c1cc(-n2cccn2)ccn1. The number of aromatic nitrogens is 3. The summed E-state index contributed by atoms with van der Waals surface area (Å²) in [7, 11) is 0. The molecule has 0 atom stereocenters. The van der Waals surface area contributed by atoms with Crippen LogP contribution in [-0.4, -0.2) is 64.8 Å². The van der Waals surface area contributed by atoms with Crippen LogP contribution in [0.4, 0.5) is 0 Å². The lowest BCUT2D eigenvalue weighted by molar-refractivity contribution is 0.0942. The molecule has 0 radical (unpaired) electrons. The molecule has 0 spiro atoms. The molecular weight excluding hydrogens is 351 g/mol. The van der Waals surface area contributed by atoms with E-state index in [2.05, 4.69) is 25.6 Å². The zero-order chi connectivity index (χ0) is 15.2. The van der Waals surface area contributed by atoms with Gasteiger partial charge in [-0.1, -0.05) is 0 Å². The van der Waals surface area contributed by atoms with Crippen LogP contribution in [0, 0.1) is 0 Å². The summed E-state index contributed by atoms with van der Waals surface area (Å²) in [5, 5.41) is 10.4. The number of amides is 1. The Hall–Kier alpha value is -1.67. The highest BCUT2D eigenvalue weighted by molar-refractivity contribution is 5.92. The topological polar surface area (TPSA) is 75.1 Å². The van der Waals surface area contributed by atoms with Crippen LogP contribution in [0.1, 0.15) is 10.5 Å². The third-order valence-electron chi connectivity index (χ3n) is 3.67. The molecule has 24 heavy (non-hydrogen) atoms. The van der Waals surface area contributed by atoms with Crippen LogP contribution in [0.5, 0.6) is 0 Å². The Morgan fingerprint density at radius 1 is 1.25 bits per heavy atom. The molecule has 3 rings (SSSR count). The van der Waals surface area contributed by atoms with Crippen LogP contribution < -0.4 is 10.6 Å². The molecule has 7 nitrogen and oxygen atoms in total. The highest BCUT2D eigenvalue weighted by Crippen LogP contribution is 2.06. The lowest BCUT2D eigenvalue weighted by atomic mass is 10.3. The Labute approximate surface area is 153 Å². The van der Waals surface area contributed by atoms with Gasteiger partial charge in [0.05, 0.1) is 5.69 Å². The van der Waals surface area contributed by atoms with E-state index in [1.807, 2.05) is 18.3 Å². The molecule has 132 valence electrons. The van der Waals surface area contributed by atoms with E-state index in [0.29, 0.717) is 12.2 Å². The van der Waals surface area contributed by atoms with Gasteiger partial charge < -0.3 is 10.6 Å². The van der Waals surface area contributed by atoms with Crippen LogP contribution in [-0.2, 0) is 0 Å². The summed E-state index contributed by atoms with van der Waals surface area (Å²) in [6.07, 6.45) is 5.16. The summed E-state index contributed by atoms with van der Waals surface area (Å²) in [6, 6.07) is 5.41. The molecule has 0 aliphatic carbocycles. The molecule has 0 saturated carbocycles. The van der Waals surface area contributed by atoms with Gasteiger partial charge in [0.1, 0.15) is 5.69 Å². The largest absolute Gasteiger partial charge is 0.349 e. The van der Waals surface area contributed by atoms with Crippen molar-refractivity contribution < 1.29 is 4.79 Å². The van der Waals surface area contributed by atoms with E-state index >= 15 is 0 Å². The van der Waals surface area contributed by atoms with Gasteiger partial charge in [-0.2, -0.15) is 5.10 Å². The Balaban J connectivity index is 0.00000144. The molecular formula is C15H22Cl2N6O. The Morgan fingerprint density at radius 2 is 2.04 bits per heavy atom. The quantitative estimate of drug-likeness (QED) is 0.809. The van der Waals surface area contributed by atoms with E-state index in [1.54, 1.807) is 23.1 Å². The van der Waals surface area contributed by atoms with Gasteiger partial charge in [0.2, 0.25) is 0 Å². The molecule has 9 heteroatoms. The second-order valence-electron chi connectivity index (χ2n) is 5.20. The summed E-state index contributed by atoms with van der Waals surface area (Å²) in [6.45, 7) is 5.59. The second-order valence-corrected chi connectivity index (χ2v) is 5.20. The second kappa shape index (κ2) is 10.2. The van der Waals surface area contributed by atoms with Crippen LogP contribution in [0.3, 0.4) is 0 Å². The summed E-state index contributed by atoms with van der Waals surface area (Å²) in [5.74, 6) is -0.149. The van der Waals surface area contributed by atoms with E-state index in [1.165, 1.54) is 0 Å². The molecule has 2 aromatic heterocycles. The zero-order valence-corrected chi connectivity index (χ0v) is 14.9. The van der Waals surface area contributed by atoms with E-state index < -0.39 is 0 Å². The average molecular weight is 373 g/mol. The fraction of sp³-hybridized carbons (Fsp3) is 0.400. The first-order chi connectivity index (χ1) is 10.8. The highest BCUT2D eigenvalue weighted by Gasteiger charge is 2.11. The monoisotopic (exact) mass is 372 g/mol. The molecule has 0 aromatic carbocycles. The number of hydrogen-bond acceptors (Lipinski definition) is 5. The average Bonchev–Trinajstić information content (AvgIpc) is 3.10. The van der Waals surface area contributed by atoms with Crippen LogP contribution in [0.15, 0.2) is 36.8 Å². The normalized spacial score (nSPS) is 14.3. The maximum atomic E-state index is 12.2. The number of carbonyl (C=O) groups excluding carboxylic acids is 1. The number of piperazine rings is 1. The number of hydrogen-bond donors (Lipinski definition) is 2.